The van der Waals surface area contributed by atoms with Crippen LogP contribution in [0.5, 0.6) is 5.75 Å². The number of nitrogens with zero attached hydrogens (tertiary/aromatic N) is 3. The quantitative estimate of drug-likeness (QED) is 0.253. The molecule has 200 valence electrons. The third-order valence-corrected chi connectivity index (χ3v) is 7.42. The Labute approximate surface area is 237 Å². The van der Waals surface area contributed by atoms with Crippen molar-refractivity contribution in [2.45, 2.75) is 25.9 Å². The molecule has 1 aliphatic rings. The molecule has 0 radical (unpaired) electrons. The van der Waals surface area contributed by atoms with Gasteiger partial charge in [-0.15, -0.1) is 0 Å². The Balaban J connectivity index is 1.62. The fourth-order valence-corrected chi connectivity index (χ4v) is 5.70. The lowest BCUT2D eigenvalue weighted by Crippen LogP contribution is -2.29. The van der Waals surface area contributed by atoms with Crippen LogP contribution in [0.3, 0.4) is 0 Å². The van der Waals surface area contributed by atoms with Crippen LogP contribution in [-0.4, -0.2) is 39.4 Å². The van der Waals surface area contributed by atoms with Crippen molar-refractivity contribution in [1.82, 2.24) is 14.9 Å². The first kappa shape index (κ1) is 26.7. The summed E-state index contributed by atoms with van der Waals surface area (Å²) in [6.07, 6.45) is 1.76. The van der Waals surface area contributed by atoms with Gasteiger partial charge in [-0.25, -0.2) is 0 Å². The minimum atomic E-state index is -0.296. The van der Waals surface area contributed by atoms with E-state index in [2.05, 4.69) is 21.7 Å². The molecule has 39 heavy (non-hydrogen) atoms. The molecule has 0 aliphatic carbocycles. The van der Waals surface area contributed by atoms with Gasteiger partial charge in [-0.2, -0.15) is 0 Å². The molecular weight excluding hydrogens is 534 g/mol. The number of rotatable bonds is 7. The van der Waals surface area contributed by atoms with Gasteiger partial charge in [0.1, 0.15) is 12.4 Å². The van der Waals surface area contributed by atoms with Crippen molar-refractivity contribution in [1.29, 1.82) is 0 Å². The molecule has 1 amide bonds. The topological polar surface area (TPSA) is 91.7 Å². The maximum absolute atomic E-state index is 12.0. The number of methoxy groups -OCH3 is 1. The fraction of sp³-hybridized carbons (Fsp3) is 0.207. The monoisotopic (exact) mass is 561 g/mol. The van der Waals surface area contributed by atoms with E-state index in [1.807, 2.05) is 59.7 Å². The predicted octanol–water partition coefficient (Wildman–Crippen LogP) is 5.61. The van der Waals surface area contributed by atoms with Crippen LogP contribution in [-0.2, 0) is 9.53 Å². The molecule has 8 nitrogen and oxygen atoms in total. The zero-order chi connectivity index (χ0) is 27.7. The van der Waals surface area contributed by atoms with E-state index in [0.717, 1.165) is 28.3 Å². The molecule has 2 aromatic heterocycles. The van der Waals surface area contributed by atoms with Gasteiger partial charge in [0, 0.05) is 30.4 Å². The Morgan fingerprint density at radius 1 is 1.15 bits per heavy atom. The summed E-state index contributed by atoms with van der Waals surface area (Å²) >= 11 is 12.5. The number of halogens is 1. The van der Waals surface area contributed by atoms with Gasteiger partial charge in [0.25, 0.3) is 0 Å². The molecule has 1 aliphatic heterocycles. The first-order valence-electron chi connectivity index (χ1n) is 12.4. The van der Waals surface area contributed by atoms with Crippen molar-refractivity contribution < 1.29 is 14.6 Å². The highest BCUT2D eigenvalue weighted by Gasteiger charge is 2.42. The average Bonchev–Trinajstić information content (AvgIpc) is 3.41. The Morgan fingerprint density at radius 2 is 1.92 bits per heavy atom. The summed E-state index contributed by atoms with van der Waals surface area (Å²) in [6, 6.07) is 20.1. The van der Waals surface area contributed by atoms with Crippen molar-refractivity contribution in [3.63, 3.8) is 0 Å². The Hall–Kier alpha value is -3.92. The van der Waals surface area contributed by atoms with E-state index in [1.54, 1.807) is 30.5 Å². The van der Waals surface area contributed by atoms with Crippen LogP contribution in [0.2, 0.25) is 5.02 Å². The number of aromatic nitrogens is 2. The van der Waals surface area contributed by atoms with Crippen LogP contribution in [0.1, 0.15) is 34.7 Å². The summed E-state index contributed by atoms with van der Waals surface area (Å²) in [5.74, 6) is -0.0999. The Morgan fingerprint density at radius 3 is 2.62 bits per heavy atom. The SMILES string of the molecule is COCC(=O)Nc1ccc(N2C(=S)N[C@H](c3ccccn3)[C@H]2c2cc(C)n(-c3ccccc3O)c2C)cc1Cl. The second kappa shape index (κ2) is 11.1. The number of anilines is 2. The van der Waals surface area contributed by atoms with Crippen LogP contribution in [0.25, 0.3) is 5.69 Å². The van der Waals surface area contributed by atoms with E-state index in [4.69, 9.17) is 28.6 Å². The molecule has 10 heteroatoms. The molecule has 2 aromatic carbocycles. The van der Waals surface area contributed by atoms with E-state index in [0.29, 0.717) is 21.5 Å². The van der Waals surface area contributed by atoms with E-state index < -0.39 is 0 Å². The standard InChI is InChI=1S/C29H28ClN5O3S/c1-17-14-20(18(2)34(17)24-9-4-5-10-25(24)36)28-27(23-8-6-7-13-31-23)33-29(39)35(28)19-11-12-22(21(30)15-19)32-26(37)16-38-3/h4-15,27-28,36H,16H2,1-3H3,(H,32,37)(H,33,39)/t27-,28-/m1/s1. The molecule has 3 N–H and O–H groups in total. The van der Waals surface area contributed by atoms with Crippen LogP contribution in [0.4, 0.5) is 11.4 Å². The summed E-state index contributed by atoms with van der Waals surface area (Å²) in [5.41, 5.74) is 5.74. The number of aromatic hydroxyl groups is 1. The van der Waals surface area contributed by atoms with Gasteiger partial charge in [-0.3, -0.25) is 9.78 Å². The third kappa shape index (κ3) is 5.08. The summed E-state index contributed by atoms with van der Waals surface area (Å²) < 4.78 is 6.94. The molecule has 0 bridgehead atoms. The van der Waals surface area contributed by atoms with Gasteiger partial charge in [0.05, 0.1) is 34.2 Å². The van der Waals surface area contributed by atoms with Gasteiger partial charge >= 0.3 is 0 Å². The summed E-state index contributed by atoms with van der Waals surface area (Å²) in [4.78, 5) is 18.7. The molecule has 2 atom stereocenters. The molecule has 0 unspecified atom stereocenters. The highest BCUT2D eigenvalue weighted by atomic mass is 35.5. The zero-order valence-corrected chi connectivity index (χ0v) is 23.3. The number of carbonyl (C=O) groups is 1. The van der Waals surface area contributed by atoms with E-state index >= 15 is 0 Å². The molecule has 5 rings (SSSR count). The summed E-state index contributed by atoms with van der Waals surface area (Å²) in [5, 5.41) is 17.7. The Bertz CT molecular complexity index is 1540. The molecule has 3 heterocycles. The number of carbonyl (C=O) groups excluding carboxylic acids is 1. The van der Waals surface area contributed by atoms with E-state index in [-0.39, 0.29) is 30.3 Å². The second-order valence-corrected chi connectivity index (χ2v) is 10.1. The van der Waals surface area contributed by atoms with Crippen LogP contribution in [0, 0.1) is 13.8 Å². The zero-order valence-electron chi connectivity index (χ0n) is 21.7. The summed E-state index contributed by atoms with van der Waals surface area (Å²) in [7, 11) is 1.46. The first-order chi connectivity index (χ1) is 18.8. The molecular formula is C29H28ClN5O3S. The highest BCUT2D eigenvalue weighted by molar-refractivity contribution is 7.80. The fourth-order valence-electron chi connectivity index (χ4n) is 5.13. The normalized spacial score (nSPS) is 16.8. The maximum Gasteiger partial charge on any atom is 0.250 e. The Kier molecular flexibility index (Phi) is 7.56. The maximum atomic E-state index is 12.0. The lowest BCUT2D eigenvalue weighted by atomic mass is 9.96. The number of aryl methyl sites for hydroxylation is 1. The lowest BCUT2D eigenvalue weighted by Gasteiger charge is -2.28. The van der Waals surface area contributed by atoms with Crippen LogP contribution >= 0.6 is 23.8 Å². The van der Waals surface area contributed by atoms with Gasteiger partial charge in [-0.05, 0) is 80.2 Å². The lowest BCUT2D eigenvalue weighted by molar-refractivity contribution is -0.119. The molecule has 1 saturated heterocycles. The van der Waals surface area contributed by atoms with Gasteiger partial charge in [0.2, 0.25) is 5.91 Å². The van der Waals surface area contributed by atoms with Gasteiger partial charge < -0.3 is 29.9 Å². The van der Waals surface area contributed by atoms with Crippen LogP contribution in [0.15, 0.2) is 72.9 Å². The van der Waals surface area contributed by atoms with Crippen molar-refractivity contribution in [3.8, 4) is 11.4 Å². The smallest absolute Gasteiger partial charge is 0.250 e. The number of phenolic OH excluding ortho intramolecular Hbond substituents is 1. The van der Waals surface area contributed by atoms with Gasteiger partial charge in [-0.1, -0.05) is 29.8 Å². The van der Waals surface area contributed by atoms with E-state index in [1.165, 1.54) is 7.11 Å². The number of hydrogen-bond donors (Lipinski definition) is 3. The number of amides is 1. The number of pyridine rings is 1. The first-order valence-corrected chi connectivity index (χ1v) is 13.1. The van der Waals surface area contributed by atoms with Crippen molar-refractivity contribution in [2.75, 3.05) is 23.9 Å². The van der Waals surface area contributed by atoms with Crippen LogP contribution < -0.4 is 15.5 Å². The number of thiocarbonyl (C=S) groups is 1. The number of phenols is 1. The number of nitrogens with one attached hydrogen (secondary N) is 2. The number of ether oxygens (including phenoxy) is 1. The van der Waals surface area contributed by atoms with Gasteiger partial charge in [0.15, 0.2) is 5.11 Å². The number of hydrogen-bond acceptors (Lipinski definition) is 5. The van der Waals surface area contributed by atoms with Crippen molar-refractivity contribution in [3.05, 3.63) is 101 Å². The molecule has 4 aromatic rings. The van der Waals surface area contributed by atoms with E-state index in [9.17, 15) is 9.90 Å². The van der Waals surface area contributed by atoms with Crippen molar-refractivity contribution >= 4 is 46.2 Å². The summed E-state index contributed by atoms with van der Waals surface area (Å²) in [6.45, 7) is 3.97. The third-order valence-electron chi connectivity index (χ3n) is 6.79. The minimum Gasteiger partial charge on any atom is -0.506 e. The van der Waals surface area contributed by atoms with Crippen molar-refractivity contribution in [2.24, 2.45) is 0 Å². The second-order valence-electron chi connectivity index (χ2n) is 9.29. The highest BCUT2D eigenvalue weighted by Crippen LogP contribution is 2.45. The molecule has 1 fully saturated rings. The molecule has 0 saturated carbocycles. The number of benzene rings is 2. The molecule has 0 spiro atoms. The predicted molar refractivity (Wildman–Crippen MR) is 157 cm³/mol. The largest absolute Gasteiger partial charge is 0.506 e. The minimum absolute atomic E-state index is 0.0708. The average molecular weight is 562 g/mol. The number of para-hydroxylation sites is 2.